The Morgan fingerprint density at radius 1 is 1.31 bits per heavy atom. The number of halogens is 4. The fraction of sp³-hybridized carbons (Fsp3) is 0.143. The van der Waals surface area contributed by atoms with Gasteiger partial charge in [0.1, 0.15) is 0 Å². The summed E-state index contributed by atoms with van der Waals surface area (Å²) in [4.78, 5) is 6.81. The Morgan fingerprint density at radius 2 is 1.77 bits per heavy atom. The number of nitrogens with zero attached hydrogens (tertiary/aromatic N) is 2. The van der Waals surface area contributed by atoms with Gasteiger partial charge in [0, 0.05) is 18.0 Å². The van der Waals surface area contributed by atoms with E-state index < -0.39 is 11.7 Å². The normalized spacial score (nSPS) is 11.4. The third-order valence-electron chi connectivity index (χ3n) is 1.31. The predicted octanol–water partition coefficient (Wildman–Crippen LogP) is 2.71. The molecule has 0 bridgehead atoms. The van der Waals surface area contributed by atoms with Crippen LogP contribution in [0.4, 0.5) is 13.2 Å². The maximum atomic E-state index is 12.0. The van der Waals surface area contributed by atoms with Crippen molar-refractivity contribution in [3.63, 3.8) is 0 Å². The van der Waals surface area contributed by atoms with Gasteiger partial charge in [-0.25, -0.2) is 9.97 Å². The van der Waals surface area contributed by atoms with Crippen LogP contribution in [0.1, 0.15) is 5.56 Å². The van der Waals surface area contributed by atoms with E-state index in [1.54, 1.807) is 0 Å². The van der Waals surface area contributed by atoms with Crippen molar-refractivity contribution in [2.24, 2.45) is 0 Å². The van der Waals surface area contributed by atoms with Gasteiger partial charge in [0.25, 0.3) is 0 Å². The Hall–Kier alpha value is -1.10. The Morgan fingerprint density at radius 3 is 2.15 bits per heavy atom. The van der Waals surface area contributed by atoms with Gasteiger partial charge in [-0.2, -0.15) is 13.2 Å². The second-order valence-corrected chi connectivity index (χ2v) is 2.56. The lowest BCUT2D eigenvalue weighted by Crippen LogP contribution is -2.09. The zero-order chi connectivity index (χ0) is 10.1. The summed E-state index contributed by atoms with van der Waals surface area (Å²) in [5.74, 6) is 0. The van der Waals surface area contributed by atoms with Crippen LogP contribution >= 0.6 is 11.6 Å². The molecular formula is C7H4ClF3N2. The van der Waals surface area contributed by atoms with Gasteiger partial charge in [-0.15, -0.1) is 0 Å². The smallest absolute Gasteiger partial charge is 0.226 e. The summed E-state index contributed by atoms with van der Waals surface area (Å²) in [5.41, 5.74) is -1.17. The van der Waals surface area contributed by atoms with E-state index in [2.05, 4.69) is 16.5 Å². The van der Waals surface area contributed by atoms with E-state index in [9.17, 15) is 13.2 Å². The number of allylic oxidation sites excluding steroid dienone is 1. The van der Waals surface area contributed by atoms with Gasteiger partial charge < -0.3 is 0 Å². The summed E-state index contributed by atoms with van der Waals surface area (Å²) in [5, 5.41) is -0.0984. The molecule has 70 valence electrons. The standard InChI is InChI=1S/C7H4ClF3N2/c1-4(7(9,10)11)5-2-12-6(8)13-3-5/h2-3H,1H2. The van der Waals surface area contributed by atoms with E-state index in [1.807, 2.05) is 0 Å². The van der Waals surface area contributed by atoms with Crippen molar-refractivity contribution in [3.05, 3.63) is 29.8 Å². The van der Waals surface area contributed by atoms with Gasteiger partial charge in [0.2, 0.25) is 5.28 Å². The van der Waals surface area contributed by atoms with Gasteiger partial charge in [-0.3, -0.25) is 0 Å². The summed E-state index contributed by atoms with van der Waals surface area (Å²) < 4.78 is 36.1. The van der Waals surface area contributed by atoms with E-state index in [0.29, 0.717) is 0 Å². The van der Waals surface area contributed by atoms with E-state index in [0.717, 1.165) is 12.4 Å². The van der Waals surface area contributed by atoms with Crippen LogP contribution in [0.15, 0.2) is 19.0 Å². The summed E-state index contributed by atoms with van der Waals surface area (Å²) in [6, 6.07) is 0. The molecule has 0 saturated carbocycles. The molecule has 1 rings (SSSR count). The first kappa shape index (κ1) is 9.98. The molecule has 0 saturated heterocycles. The lowest BCUT2D eigenvalue weighted by atomic mass is 10.1. The summed E-state index contributed by atoms with van der Waals surface area (Å²) >= 11 is 5.30. The first-order valence-electron chi connectivity index (χ1n) is 3.15. The molecule has 0 aliphatic rings. The van der Waals surface area contributed by atoms with E-state index in [1.165, 1.54) is 0 Å². The monoisotopic (exact) mass is 208 g/mol. The van der Waals surface area contributed by atoms with Crippen LogP contribution in [0.25, 0.3) is 5.57 Å². The average Bonchev–Trinajstić information content (AvgIpc) is 2.03. The van der Waals surface area contributed by atoms with Gasteiger partial charge in [-0.1, -0.05) is 6.58 Å². The zero-order valence-electron chi connectivity index (χ0n) is 6.27. The average molecular weight is 209 g/mol. The lowest BCUT2D eigenvalue weighted by molar-refractivity contribution is -0.0687. The molecule has 0 radical (unpaired) electrons. The summed E-state index contributed by atoms with van der Waals surface area (Å²) in [6.07, 6.45) is -2.51. The molecule has 6 heteroatoms. The minimum atomic E-state index is -4.46. The van der Waals surface area contributed by atoms with Crippen LogP contribution in [-0.4, -0.2) is 16.1 Å². The first-order valence-corrected chi connectivity index (χ1v) is 3.53. The second-order valence-electron chi connectivity index (χ2n) is 2.22. The maximum absolute atomic E-state index is 12.0. The van der Waals surface area contributed by atoms with Crippen LogP contribution < -0.4 is 0 Å². The van der Waals surface area contributed by atoms with E-state index in [4.69, 9.17) is 11.6 Å². The number of aromatic nitrogens is 2. The molecule has 1 aromatic rings. The van der Waals surface area contributed by atoms with Crippen LogP contribution in [-0.2, 0) is 0 Å². The van der Waals surface area contributed by atoms with Crippen molar-refractivity contribution < 1.29 is 13.2 Å². The summed E-state index contributed by atoms with van der Waals surface area (Å²) in [6.45, 7) is 2.88. The largest absolute Gasteiger partial charge is 0.416 e. The molecule has 0 aromatic carbocycles. The molecular weight excluding hydrogens is 205 g/mol. The minimum absolute atomic E-state index is 0.0984. The van der Waals surface area contributed by atoms with Crippen LogP contribution in [0.2, 0.25) is 5.28 Å². The fourth-order valence-corrected chi connectivity index (χ4v) is 0.729. The molecule has 0 fully saturated rings. The van der Waals surface area contributed by atoms with Crippen LogP contribution in [0, 0.1) is 0 Å². The molecule has 0 N–H and O–H groups in total. The highest BCUT2D eigenvalue weighted by atomic mass is 35.5. The van der Waals surface area contributed by atoms with Crippen molar-refractivity contribution in [1.29, 1.82) is 0 Å². The van der Waals surface area contributed by atoms with E-state index in [-0.39, 0.29) is 10.8 Å². The van der Waals surface area contributed by atoms with Gasteiger partial charge in [0.15, 0.2) is 0 Å². The zero-order valence-corrected chi connectivity index (χ0v) is 7.02. The SMILES string of the molecule is C=C(c1cnc(Cl)nc1)C(F)(F)F. The van der Waals surface area contributed by atoms with Crippen LogP contribution in [0.5, 0.6) is 0 Å². The van der Waals surface area contributed by atoms with Gasteiger partial charge >= 0.3 is 6.18 Å². The Bertz CT molecular complexity index is 318. The molecule has 1 heterocycles. The molecule has 0 aliphatic heterocycles. The molecule has 2 nitrogen and oxygen atoms in total. The highest BCUT2D eigenvalue weighted by Gasteiger charge is 2.33. The fourth-order valence-electron chi connectivity index (χ4n) is 0.632. The number of hydrogen-bond donors (Lipinski definition) is 0. The van der Waals surface area contributed by atoms with Gasteiger partial charge in [0.05, 0.1) is 5.57 Å². The molecule has 0 spiro atoms. The Kier molecular flexibility index (Phi) is 2.56. The second kappa shape index (κ2) is 3.33. The van der Waals surface area contributed by atoms with Crippen molar-refractivity contribution in [2.75, 3.05) is 0 Å². The summed E-state index contributed by atoms with van der Waals surface area (Å²) in [7, 11) is 0. The quantitative estimate of drug-likeness (QED) is 0.663. The molecule has 0 amide bonds. The molecule has 0 aliphatic carbocycles. The third-order valence-corrected chi connectivity index (χ3v) is 1.51. The number of hydrogen-bond acceptors (Lipinski definition) is 2. The van der Waals surface area contributed by atoms with Crippen LogP contribution in [0.3, 0.4) is 0 Å². The van der Waals surface area contributed by atoms with Crippen molar-refractivity contribution in [3.8, 4) is 0 Å². The predicted molar refractivity (Wildman–Crippen MR) is 42.1 cm³/mol. The third kappa shape index (κ3) is 2.42. The highest BCUT2D eigenvalue weighted by Crippen LogP contribution is 2.31. The highest BCUT2D eigenvalue weighted by molar-refractivity contribution is 6.28. The van der Waals surface area contributed by atoms with Crippen molar-refractivity contribution in [2.45, 2.75) is 6.18 Å². The molecule has 0 atom stereocenters. The topological polar surface area (TPSA) is 25.8 Å². The van der Waals surface area contributed by atoms with Crippen molar-refractivity contribution in [1.82, 2.24) is 9.97 Å². The van der Waals surface area contributed by atoms with E-state index >= 15 is 0 Å². The molecule has 0 unspecified atom stereocenters. The lowest BCUT2D eigenvalue weighted by Gasteiger charge is -2.08. The molecule has 13 heavy (non-hydrogen) atoms. The number of rotatable bonds is 1. The first-order chi connectivity index (χ1) is 5.91. The van der Waals surface area contributed by atoms with Crippen molar-refractivity contribution >= 4 is 17.2 Å². The Labute approximate surface area is 77.1 Å². The molecule has 1 aromatic heterocycles. The van der Waals surface area contributed by atoms with Gasteiger partial charge in [-0.05, 0) is 11.6 Å². The Balaban J connectivity index is 2.97. The minimum Gasteiger partial charge on any atom is -0.226 e. The maximum Gasteiger partial charge on any atom is 0.416 e. The number of alkyl halides is 3.